The number of nitrogens with one attached hydrogen (secondary N) is 2. The first-order valence-corrected chi connectivity index (χ1v) is 10.3. The zero-order valence-corrected chi connectivity index (χ0v) is 19.5. The van der Waals surface area contributed by atoms with Crippen LogP contribution in [0.5, 0.6) is 5.75 Å². The molecule has 3 rings (SSSR count). The highest BCUT2D eigenvalue weighted by Gasteiger charge is 2.23. The Morgan fingerprint density at radius 2 is 2.25 bits per heavy atom. The normalized spacial score (nSPS) is 19.1. The average Bonchev–Trinajstić information content (AvgIpc) is 3.33. The summed E-state index contributed by atoms with van der Waals surface area (Å²) in [5.41, 5.74) is 2.69. The van der Waals surface area contributed by atoms with Gasteiger partial charge in [-0.2, -0.15) is 0 Å². The van der Waals surface area contributed by atoms with Crippen molar-refractivity contribution < 1.29 is 9.47 Å². The smallest absolute Gasteiger partial charge is 0.191 e. The van der Waals surface area contributed by atoms with Gasteiger partial charge in [-0.05, 0) is 49.9 Å². The van der Waals surface area contributed by atoms with Crippen molar-refractivity contribution in [3.8, 4) is 5.75 Å². The van der Waals surface area contributed by atoms with E-state index in [0.29, 0.717) is 6.04 Å². The molecule has 2 N–H and O–H groups in total. The third-order valence-electron chi connectivity index (χ3n) is 5.35. The Kier molecular flexibility index (Phi) is 10.4. The van der Waals surface area contributed by atoms with E-state index in [0.717, 1.165) is 70.5 Å². The summed E-state index contributed by atoms with van der Waals surface area (Å²) in [5, 5.41) is 6.85. The highest BCUT2D eigenvalue weighted by Crippen LogP contribution is 2.25. The van der Waals surface area contributed by atoms with E-state index < -0.39 is 0 Å². The number of aliphatic imine (C=N–C) groups is 1. The number of hydrogen-bond donors (Lipinski definition) is 2. The Hall–Kier alpha value is -1.06. The minimum Gasteiger partial charge on any atom is -0.493 e. The first-order chi connectivity index (χ1) is 13.3. The molecule has 158 valence electrons. The van der Waals surface area contributed by atoms with Gasteiger partial charge in [-0.3, -0.25) is 9.89 Å². The summed E-state index contributed by atoms with van der Waals surface area (Å²) in [4.78, 5) is 7.34. The Morgan fingerprint density at radius 1 is 1.36 bits per heavy atom. The molecule has 2 aliphatic rings. The molecule has 1 saturated heterocycles. The molecule has 0 amide bonds. The number of halogens is 1. The number of ether oxygens (including phenoxy) is 2. The minimum atomic E-state index is 0. The highest BCUT2D eigenvalue weighted by atomic mass is 127. The Bertz CT molecular complexity index is 626. The molecule has 1 aromatic rings. The van der Waals surface area contributed by atoms with Crippen LogP contribution in [0.3, 0.4) is 0 Å². The molecular weight excluding hydrogens is 467 g/mol. The standard InChI is InChI=1S/C21H34N4O2.HI/c1-3-22-21(24-16-19-5-4-11-25(19)12-14-26-2)23-10-8-17-6-7-20-18(15-17)9-13-27-20;/h6-7,15,19H,3-5,8-14,16H2,1-2H3,(H2,22,23,24);1H. The maximum atomic E-state index is 5.59. The molecule has 28 heavy (non-hydrogen) atoms. The summed E-state index contributed by atoms with van der Waals surface area (Å²) in [5.74, 6) is 1.97. The van der Waals surface area contributed by atoms with Gasteiger partial charge in [0.2, 0.25) is 0 Å². The Labute approximate surface area is 186 Å². The summed E-state index contributed by atoms with van der Waals surface area (Å²) < 4.78 is 10.8. The second kappa shape index (κ2) is 12.5. The van der Waals surface area contributed by atoms with Gasteiger partial charge in [0.1, 0.15) is 5.75 Å². The second-order valence-electron chi connectivity index (χ2n) is 7.26. The fourth-order valence-electron chi connectivity index (χ4n) is 3.86. The third kappa shape index (κ3) is 6.77. The van der Waals surface area contributed by atoms with Gasteiger partial charge in [-0.1, -0.05) is 12.1 Å². The van der Waals surface area contributed by atoms with E-state index in [4.69, 9.17) is 14.5 Å². The van der Waals surface area contributed by atoms with Crippen molar-refractivity contribution >= 4 is 29.9 Å². The Balaban J connectivity index is 0.00000280. The lowest BCUT2D eigenvalue weighted by Gasteiger charge is -2.23. The molecule has 0 aromatic heterocycles. The van der Waals surface area contributed by atoms with Crippen LogP contribution in [-0.2, 0) is 17.6 Å². The van der Waals surface area contributed by atoms with E-state index >= 15 is 0 Å². The first-order valence-electron chi connectivity index (χ1n) is 10.3. The molecule has 0 bridgehead atoms. The predicted molar refractivity (Wildman–Crippen MR) is 125 cm³/mol. The summed E-state index contributed by atoms with van der Waals surface area (Å²) in [6.45, 7) is 8.48. The molecule has 1 unspecified atom stereocenters. The number of methoxy groups -OCH3 is 1. The zero-order valence-electron chi connectivity index (χ0n) is 17.2. The molecule has 1 aromatic carbocycles. The van der Waals surface area contributed by atoms with Gasteiger partial charge < -0.3 is 20.1 Å². The van der Waals surface area contributed by atoms with Crippen LogP contribution in [0.1, 0.15) is 30.9 Å². The predicted octanol–water partition coefficient (Wildman–Crippen LogP) is 2.45. The molecular formula is C21H35IN4O2. The number of fused-ring (bicyclic) bond motifs is 1. The molecule has 2 heterocycles. The average molecular weight is 502 g/mol. The van der Waals surface area contributed by atoms with Crippen LogP contribution in [-0.4, -0.2) is 69.9 Å². The van der Waals surface area contributed by atoms with Crippen molar-refractivity contribution in [2.24, 2.45) is 4.99 Å². The third-order valence-corrected chi connectivity index (χ3v) is 5.35. The van der Waals surface area contributed by atoms with E-state index in [9.17, 15) is 0 Å². The number of guanidine groups is 1. The molecule has 0 aliphatic carbocycles. The van der Waals surface area contributed by atoms with Gasteiger partial charge in [0, 0.05) is 39.2 Å². The van der Waals surface area contributed by atoms with Crippen molar-refractivity contribution in [3.63, 3.8) is 0 Å². The SMILES string of the molecule is CCNC(=NCC1CCCN1CCOC)NCCc1ccc2c(c1)CCO2.I. The molecule has 0 radical (unpaired) electrons. The van der Waals surface area contributed by atoms with Crippen LogP contribution in [0.4, 0.5) is 0 Å². The van der Waals surface area contributed by atoms with Crippen molar-refractivity contribution in [3.05, 3.63) is 29.3 Å². The molecule has 7 heteroatoms. The maximum absolute atomic E-state index is 5.59. The van der Waals surface area contributed by atoms with Crippen molar-refractivity contribution in [1.82, 2.24) is 15.5 Å². The first kappa shape index (κ1) is 23.2. The molecule has 6 nitrogen and oxygen atoms in total. The lowest BCUT2D eigenvalue weighted by atomic mass is 10.1. The monoisotopic (exact) mass is 502 g/mol. The van der Waals surface area contributed by atoms with Crippen LogP contribution in [0.25, 0.3) is 0 Å². The van der Waals surface area contributed by atoms with Crippen molar-refractivity contribution in [2.75, 3.05) is 53.0 Å². The summed E-state index contributed by atoms with van der Waals surface area (Å²) in [6.07, 6.45) is 4.50. The van der Waals surface area contributed by atoms with E-state index in [2.05, 4.69) is 40.7 Å². The Morgan fingerprint density at radius 3 is 3.07 bits per heavy atom. The molecule has 1 fully saturated rings. The second-order valence-corrected chi connectivity index (χ2v) is 7.26. The number of hydrogen-bond acceptors (Lipinski definition) is 4. The number of likely N-dealkylation sites (tertiary alicyclic amines) is 1. The molecule has 0 saturated carbocycles. The van der Waals surface area contributed by atoms with Crippen LogP contribution in [0.2, 0.25) is 0 Å². The zero-order chi connectivity index (χ0) is 18.9. The van der Waals surface area contributed by atoms with E-state index in [1.54, 1.807) is 7.11 Å². The van der Waals surface area contributed by atoms with Crippen molar-refractivity contribution in [2.45, 2.75) is 38.6 Å². The summed E-state index contributed by atoms with van der Waals surface area (Å²) in [6, 6.07) is 7.08. The molecule has 1 atom stereocenters. The van der Waals surface area contributed by atoms with Crippen LogP contribution in [0, 0.1) is 0 Å². The summed E-state index contributed by atoms with van der Waals surface area (Å²) in [7, 11) is 1.77. The topological polar surface area (TPSA) is 58.1 Å². The van der Waals surface area contributed by atoms with Crippen LogP contribution < -0.4 is 15.4 Å². The van der Waals surface area contributed by atoms with E-state index in [1.165, 1.54) is 24.0 Å². The van der Waals surface area contributed by atoms with Gasteiger partial charge in [0.05, 0.1) is 19.8 Å². The lowest BCUT2D eigenvalue weighted by molar-refractivity contribution is 0.142. The van der Waals surface area contributed by atoms with E-state index in [-0.39, 0.29) is 24.0 Å². The largest absolute Gasteiger partial charge is 0.493 e. The number of rotatable bonds is 9. The fourth-order valence-corrected chi connectivity index (χ4v) is 3.86. The maximum Gasteiger partial charge on any atom is 0.191 e. The van der Waals surface area contributed by atoms with Crippen molar-refractivity contribution in [1.29, 1.82) is 0 Å². The fraction of sp³-hybridized carbons (Fsp3) is 0.667. The van der Waals surface area contributed by atoms with Gasteiger partial charge >= 0.3 is 0 Å². The van der Waals surface area contributed by atoms with Gasteiger partial charge in [0.25, 0.3) is 0 Å². The molecule has 2 aliphatic heterocycles. The molecule has 0 spiro atoms. The number of benzene rings is 1. The van der Waals surface area contributed by atoms with E-state index in [1.807, 2.05) is 0 Å². The van der Waals surface area contributed by atoms with Crippen LogP contribution in [0.15, 0.2) is 23.2 Å². The van der Waals surface area contributed by atoms with Crippen LogP contribution >= 0.6 is 24.0 Å². The lowest BCUT2D eigenvalue weighted by Crippen LogP contribution is -2.40. The highest BCUT2D eigenvalue weighted by molar-refractivity contribution is 14.0. The van der Waals surface area contributed by atoms with Gasteiger partial charge in [-0.25, -0.2) is 0 Å². The summed E-state index contributed by atoms with van der Waals surface area (Å²) >= 11 is 0. The van der Waals surface area contributed by atoms with Gasteiger partial charge in [0.15, 0.2) is 5.96 Å². The van der Waals surface area contributed by atoms with Gasteiger partial charge in [-0.15, -0.1) is 24.0 Å². The minimum absolute atomic E-state index is 0. The quantitative estimate of drug-likeness (QED) is 0.309. The number of nitrogens with zero attached hydrogens (tertiary/aromatic N) is 2.